The van der Waals surface area contributed by atoms with Gasteiger partial charge in [-0.25, -0.2) is 8.42 Å². The van der Waals surface area contributed by atoms with Crippen molar-refractivity contribution in [1.82, 2.24) is 0 Å². The van der Waals surface area contributed by atoms with E-state index in [1.54, 1.807) is 54.6 Å². The van der Waals surface area contributed by atoms with Crippen molar-refractivity contribution in [3.8, 4) is 0 Å². The van der Waals surface area contributed by atoms with Crippen LogP contribution in [-0.2, 0) is 9.84 Å². The van der Waals surface area contributed by atoms with Crippen LogP contribution < -0.4 is 11.1 Å². The van der Waals surface area contributed by atoms with Crippen LogP contribution in [0.25, 0.3) is 0 Å². The number of anilines is 3. The molecule has 1 heterocycles. The zero-order valence-electron chi connectivity index (χ0n) is 17.0. The summed E-state index contributed by atoms with van der Waals surface area (Å²) < 4.78 is 27.0. The van der Waals surface area contributed by atoms with E-state index in [0.29, 0.717) is 16.3 Å². The van der Waals surface area contributed by atoms with Crippen molar-refractivity contribution in [3.63, 3.8) is 0 Å². The minimum absolute atomic E-state index is 0.0686. The second-order valence-corrected chi connectivity index (χ2v) is 10.5. The zero-order valence-corrected chi connectivity index (χ0v) is 19.4. The summed E-state index contributed by atoms with van der Waals surface area (Å²) in [5, 5.41) is 3.92. The normalized spacial score (nSPS) is 11.3. The van der Waals surface area contributed by atoms with Gasteiger partial charge in [0.1, 0.15) is 14.8 Å². The molecule has 0 unspecified atom stereocenters. The first-order chi connectivity index (χ1) is 15.3. The molecule has 8 heteroatoms. The molecule has 3 aromatic carbocycles. The van der Waals surface area contributed by atoms with Crippen molar-refractivity contribution in [2.45, 2.75) is 16.7 Å². The van der Waals surface area contributed by atoms with E-state index in [-0.39, 0.29) is 31.1 Å². The standard InChI is InChI=1S/C24H19ClN2O3S2/c1-15-7-9-16(10-8-15)21(28)22-20(26)23(32(29,30)19-5-3-2-4-6-19)24(31-22)27-18-13-11-17(25)12-14-18/h2-14,27H,26H2,1H3. The molecule has 4 rings (SSSR count). The summed E-state index contributed by atoms with van der Waals surface area (Å²) in [5.74, 6) is -0.332. The highest BCUT2D eigenvalue weighted by Gasteiger charge is 2.31. The molecule has 0 aliphatic heterocycles. The van der Waals surface area contributed by atoms with E-state index in [1.165, 1.54) is 12.1 Å². The quantitative estimate of drug-likeness (QED) is 0.324. The van der Waals surface area contributed by atoms with Crippen LogP contribution in [0.2, 0.25) is 5.02 Å². The van der Waals surface area contributed by atoms with Crippen LogP contribution in [0.5, 0.6) is 0 Å². The van der Waals surface area contributed by atoms with E-state index in [2.05, 4.69) is 5.32 Å². The Hall–Kier alpha value is -3.13. The van der Waals surface area contributed by atoms with Crippen LogP contribution in [0, 0.1) is 6.92 Å². The van der Waals surface area contributed by atoms with Crippen LogP contribution in [0.3, 0.4) is 0 Å². The zero-order chi connectivity index (χ0) is 22.9. The molecule has 3 N–H and O–H groups in total. The van der Waals surface area contributed by atoms with Crippen molar-refractivity contribution in [3.05, 3.63) is 99.9 Å². The molecular formula is C24H19ClN2O3S2. The third-order valence-corrected chi connectivity index (χ3v) is 8.20. The van der Waals surface area contributed by atoms with Gasteiger partial charge in [-0.2, -0.15) is 0 Å². The lowest BCUT2D eigenvalue weighted by molar-refractivity contribution is 0.104. The summed E-state index contributed by atoms with van der Waals surface area (Å²) >= 11 is 6.98. The van der Waals surface area contributed by atoms with E-state index in [0.717, 1.165) is 16.9 Å². The first-order valence-electron chi connectivity index (χ1n) is 9.64. The van der Waals surface area contributed by atoms with Crippen LogP contribution in [-0.4, -0.2) is 14.2 Å². The Morgan fingerprint density at radius 2 is 1.56 bits per heavy atom. The number of hydrogen-bond acceptors (Lipinski definition) is 6. The molecule has 0 saturated heterocycles. The maximum atomic E-state index is 13.5. The molecule has 0 saturated carbocycles. The maximum Gasteiger partial charge on any atom is 0.211 e. The molecule has 0 spiro atoms. The Bertz CT molecular complexity index is 1380. The number of hydrogen-bond donors (Lipinski definition) is 2. The van der Waals surface area contributed by atoms with Crippen LogP contribution in [0.1, 0.15) is 20.8 Å². The Morgan fingerprint density at radius 1 is 0.938 bits per heavy atom. The number of thiophene rings is 1. The Morgan fingerprint density at radius 3 is 2.19 bits per heavy atom. The molecule has 0 radical (unpaired) electrons. The molecule has 4 aromatic rings. The monoisotopic (exact) mass is 482 g/mol. The molecule has 162 valence electrons. The van der Waals surface area contributed by atoms with Crippen molar-refractivity contribution >= 4 is 54.9 Å². The van der Waals surface area contributed by atoms with Crippen molar-refractivity contribution in [1.29, 1.82) is 0 Å². The lowest BCUT2D eigenvalue weighted by atomic mass is 10.1. The van der Waals surface area contributed by atoms with Gasteiger partial charge in [-0.1, -0.05) is 59.6 Å². The van der Waals surface area contributed by atoms with Gasteiger partial charge >= 0.3 is 0 Å². The van der Waals surface area contributed by atoms with Gasteiger partial charge < -0.3 is 11.1 Å². The highest BCUT2D eigenvalue weighted by atomic mass is 35.5. The van der Waals surface area contributed by atoms with Gasteiger partial charge in [-0.15, -0.1) is 11.3 Å². The highest BCUT2D eigenvalue weighted by Crippen LogP contribution is 2.44. The predicted molar refractivity (Wildman–Crippen MR) is 130 cm³/mol. The summed E-state index contributed by atoms with van der Waals surface area (Å²) in [6, 6.07) is 21.9. The first-order valence-corrected chi connectivity index (χ1v) is 12.3. The fraction of sp³-hybridized carbons (Fsp3) is 0.0417. The molecule has 0 aliphatic rings. The Labute approximate surface area is 195 Å². The SMILES string of the molecule is Cc1ccc(C(=O)c2sc(Nc3ccc(Cl)cc3)c(S(=O)(=O)c3ccccc3)c2N)cc1. The summed E-state index contributed by atoms with van der Waals surface area (Å²) in [4.78, 5) is 13.3. The summed E-state index contributed by atoms with van der Waals surface area (Å²) in [7, 11) is -3.99. The second-order valence-electron chi connectivity index (χ2n) is 7.15. The van der Waals surface area contributed by atoms with Gasteiger partial charge in [0.15, 0.2) is 0 Å². The number of sulfone groups is 1. The lowest BCUT2D eigenvalue weighted by Crippen LogP contribution is -2.08. The number of benzene rings is 3. The van der Waals surface area contributed by atoms with Gasteiger partial charge in [-0.05, 0) is 43.3 Å². The summed E-state index contributed by atoms with van der Waals surface area (Å²) in [6.45, 7) is 1.92. The van der Waals surface area contributed by atoms with E-state index in [4.69, 9.17) is 17.3 Å². The summed E-state index contributed by atoms with van der Waals surface area (Å²) in [6.07, 6.45) is 0. The predicted octanol–water partition coefficient (Wildman–Crippen LogP) is 6.10. The van der Waals surface area contributed by atoms with Crippen molar-refractivity contribution in [2.24, 2.45) is 0 Å². The van der Waals surface area contributed by atoms with Gasteiger partial charge in [0, 0.05) is 16.3 Å². The molecule has 0 atom stereocenters. The number of ketones is 1. The molecule has 32 heavy (non-hydrogen) atoms. The van der Waals surface area contributed by atoms with Crippen LogP contribution in [0.15, 0.2) is 88.7 Å². The Balaban J connectivity index is 1.87. The number of aryl methyl sites for hydroxylation is 1. The van der Waals surface area contributed by atoms with Crippen LogP contribution in [0.4, 0.5) is 16.4 Å². The minimum Gasteiger partial charge on any atom is -0.396 e. The van der Waals surface area contributed by atoms with Crippen molar-refractivity contribution in [2.75, 3.05) is 11.1 Å². The second kappa shape index (κ2) is 8.78. The number of nitrogen functional groups attached to an aromatic ring is 1. The van der Waals surface area contributed by atoms with Crippen LogP contribution >= 0.6 is 22.9 Å². The van der Waals surface area contributed by atoms with E-state index >= 15 is 0 Å². The molecule has 0 bridgehead atoms. The molecule has 0 amide bonds. The first kappa shape index (κ1) is 22.1. The fourth-order valence-electron chi connectivity index (χ4n) is 3.16. The third kappa shape index (κ3) is 4.27. The van der Waals surface area contributed by atoms with E-state index in [1.807, 2.05) is 19.1 Å². The number of carbonyl (C=O) groups is 1. The molecule has 0 fully saturated rings. The minimum atomic E-state index is -3.99. The van der Waals surface area contributed by atoms with Gasteiger partial charge in [0.05, 0.1) is 10.6 Å². The van der Waals surface area contributed by atoms with E-state index < -0.39 is 9.84 Å². The largest absolute Gasteiger partial charge is 0.396 e. The van der Waals surface area contributed by atoms with Crippen molar-refractivity contribution < 1.29 is 13.2 Å². The number of carbonyl (C=O) groups excluding carboxylic acids is 1. The average Bonchev–Trinajstić information content (AvgIpc) is 3.12. The number of nitrogens with two attached hydrogens (primary N) is 1. The van der Waals surface area contributed by atoms with Gasteiger partial charge in [-0.3, -0.25) is 4.79 Å². The van der Waals surface area contributed by atoms with Gasteiger partial charge in [0.2, 0.25) is 15.6 Å². The molecule has 1 aromatic heterocycles. The number of halogens is 1. The number of rotatable bonds is 6. The Kier molecular flexibility index (Phi) is 6.06. The highest BCUT2D eigenvalue weighted by molar-refractivity contribution is 7.92. The topological polar surface area (TPSA) is 89.3 Å². The lowest BCUT2D eigenvalue weighted by Gasteiger charge is -2.09. The maximum absolute atomic E-state index is 13.5. The molecular weight excluding hydrogens is 464 g/mol. The summed E-state index contributed by atoms with van der Waals surface area (Å²) in [5.41, 5.74) is 8.32. The van der Waals surface area contributed by atoms with E-state index in [9.17, 15) is 13.2 Å². The molecule has 5 nitrogen and oxygen atoms in total. The number of nitrogens with one attached hydrogen (secondary N) is 1. The third-order valence-electron chi connectivity index (χ3n) is 4.84. The average molecular weight is 483 g/mol. The fourth-order valence-corrected chi connectivity index (χ4v) is 6.25. The van der Waals surface area contributed by atoms with Gasteiger partial charge in [0.25, 0.3) is 0 Å². The molecule has 0 aliphatic carbocycles. The smallest absolute Gasteiger partial charge is 0.211 e.